The SMILES string of the molecule is COc1ccc(C2CN=C(NO)C2)cc1. The number of methoxy groups -OCH3 is 1. The zero-order valence-electron chi connectivity index (χ0n) is 8.60. The highest BCUT2D eigenvalue weighted by atomic mass is 16.5. The quantitative estimate of drug-likeness (QED) is 0.722. The minimum atomic E-state index is 0.366. The molecule has 1 aromatic rings. The van der Waals surface area contributed by atoms with E-state index in [4.69, 9.17) is 9.94 Å². The number of nitrogens with one attached hydrogen (secondary N) is 1. The van der Waals surface area contributed by atoms with Gasteiger partial charge in [-0.05, 0) is 17.7 Å². The molecule has 15 heavy (non-hydrogen) atoms. The average molecular weight is 206 g/mol. The second-order valence-corrected chi connectivity index (χ2v) is 3.57. The van der Waals surface area contributed by atoms with E-state index in [1.165, 1.54) is 5.56 Å². The fourth-order valence-corrected chi connectivity index (χ4v) is 1.76. The number of aliphatic imine (C=N–C) groups is 1. The topological polar surface area (TPSA) is 53.8 Å². The Balaban J connectivity index is 2.05. The Morgan fingerprint density at radius 3 is 2.67 bits per heavy atom. The number of hydrogen-bond acceptors (Lipinski definition) is 4. The van der Waals surface area contributed by atoms with Crippen LogP contribution in [-0.2, 0) is 0 Å². The molecule has 4 nitrogen and oxygen atoms in total. The molecule has 1 unspecified atom stereocenters. The van der Waals surface area contributed by atoms with Crippen molar-refractivity contribution in [2.24, 2.45) is 4.99 Å². The van der Waals surface area contributed by atoms with Gasteiger partial charge in [-0.2, -0.15) is 0 Å². The maximum absolute atomic E-state index is 8.71. The van der Waals surface area contributed by atoms with Gasteiger partial charge < -0.3 is 4.74 Å². The molecule has 1 atom stereocenters. The summed E-state index contributed by atoms with van der Waals surface area (Å²) in [5, 5.41) is 8.71. The third-order valence-corrected chi connectivity index (χ3v) is 2.66. The number of benzene rings is 1. The van der Waals surface area contributed by atoms with Crippen molar-refractivity contribution in [2.45, 2.75) is 12.3 Å². The first-order valence-electron chi connectivity index (χ1n) is 4.91. The van der Waals surface area contributed by atoms with Crippen molar-refractivity contribution in [3.63, 3.8) is 0 Å². The van der Waals surface area contributed by atoms with Crippen LogP contribution in [0.15, 0.2) is 29.3 Å². The largest absolute Gasteiger partial charge is 0.497 e. The summed E-state index contributed by atoms with van der Waals surface area (Å²) < 4.78 is 5.09. The molecule has 4 heteroatoms. The summed E-state index contributed by atoms with van der Waals surface area (Å²) in [6.07, 6.45) is 0.767. The van der Waals surface area contributed by atoms with Crippen molar-refractivity contribution < 1.29 is 9.94 Å². The van der Waals surface area contributed by atoms with Crippen LogP contribution in [0.1, 0.15) is 17.9 Å². The van der Waals surface area contributed by atoms with Crippen LogP contribution in [0.5, 0.6) is 5.75 Å². The lowest BCUT2D eigenvalue weighted by Crippen LogP contribution is -2.16. The summed E-state index contributed by atoms with van der Waals surface area (Å²) in [6.45, 7) is 0.731. The molecule has 80 valence electrons. The molecular formula is C11H14N2O2. The lowest BCUT2D eigenvalue weighted by Gasteiger charge is -2.09. The van der Waals surface area contributed by atoms with E-state index >= 15 is 0 Å². The van der Waals surface area contributed by atoms with Gasteiger partial charge in [0.15, 0.2) is 0 Å². The Morgan fingerprint density at radius 2 is 2.13 bits per heavy atom. The third kappa shape index (κ3) is 2.10. The van der Waals surface area contributed by atoms with Gasteiger partial charge >= 0.3 is 0 Å². The van der Waals surface area contributed by atoms with E-state index in [0.29, 0.717) is 11.8 Å². The highest BCUT2D eigenvalue weighted by Crippen LogP contribution is 2.26. The van der Waals surface area contributed by atoms with Gasteiger partial charge in [0, 0.05) is 18.9 Å². The highest BCUT2D eigenvalue weighted by Gasteiger charge is 2.19. The van der Waals surface area contributed by atoms with Gasteiger partial charge in [0.1, 0.15) is 11.6 Å². The zero-order chi connectivity index (χ0) is 10.7. The molecule has 1 heterocycles. The first kappa shape index (κ1) is 9.98. The molecule has 1 aromatic carbocycles. The van der Waals surface area contributed by atoms with Crippen molar-refractivity contribution in [1.29, 1.82) is 0 Å². The van der Waals surface area contributed by atoms with Crippen LogP contribution in [-0.4, -0.2) is 24.7 Å². The molecule has 2 N–H and O–H groups in total. The highest BCUT2D eigenvalue weighted by molar-refractivity contribution is 5.83. The van der Waals surface area contributed by atoms with Gasteiger partial charge in [-0.1, -0.05) is 12.1 Å². The van der Waals surface area contributed by atoms with Crippen LogP contribution in [0.2, 0.25) is 0 Å². The molecule has 1 aliphatic heterocycles. The van der Waals surface area contributed by atoms with E-state index in [0.717, 1.165) is 18.7 Å². The number of nitrogens with zero attached hydrogens (tertiary/aromatic N) is 1. The first-order valence-corrected chi connectivity index (χ1v) is 4.91. The standard InChI is InChI=1S/C11H14N2O2/c1-15-10-4-2-8(3-5-10)9-6-11(13-14)12-7-9/h2-5,9,14H,6-7H2,1H3,(H,12,13). The molecule has 0 spiro atoms. The van der Waals surface area contributed by atoms with Crippen molar-refractivity contribution in [1.82, 2.24) is 5.48 Å². The molecule has 0 radical (unpaired) electrons. The summed E-state index contributed by atoms with van der Waals surface area (Å²) in [6, 6.07) is 7.97. The van der Waals surface area contributed by atoms with Crippen LogP contribution in [0, 0.1) is 0 Å². The van der Waals surface area contributed by atoms with Crippen LogP contribution < -0.4 is 10.2 Å². The third-order valence-electron chi connectivity index (χ3n) is 2.66. The van der Waals surface area contributed by atoms with Crippen molar-refractivity contribution >= 4 is 5.84 Å². The van der Waals surface area contributed by atoms with Gasteiger partial charge in [-0.25, -0.2) is 0 Å². The molecule has 0 saturated heterocycles. The van der Waals surface area contributed by atoms with E-state index in [2.05, 4.69) is 10.5 Å². The summed E-state index contributed by atoms with van der Waals surface area (Å²) in [4.78, 5) is 4.18. The second-order valence-electron chi connectivity index (χ2n) is 3.57. The van der Waals surface area contributed by atoms with E-state index in [-0.39, 0.29) is 0 Å². The van der Waals surface area contributed by atoms with Gasteiger partial charge in [0.05, 0.1) is 7.11 Å². The van der Waals surface area contributed by atoms with Crippen molar-refractivity contribution in [3.8, 4) is 5.75 Å². The summed E-state index contributed by atoms with van der Waals surface area (Å²) >= 11 is 0. The molecule has 0 aromatic heterocycles. The van der Waals surface area contributed by atoms with E-state index in [9.17, 15) is 0 Å². The first-order chi connectivity index (χ1) is 7.33. The Hall–Kier alpha value is -1.55. The monoisotopic (exact) mass is 206 g/mol. The second kappa shape index (κ2) is 4.31. The zero-order valence-corrected chi connectivity index (χ0v) is 8.60. The Labute approximate surface area is 88.6 Å². The fourth-order valence-electron chi connectivity index (χ4n) is 1.76. The fraction of sp³-hybridized carbons (Fsp3) is 0.364. The predicted molar refractivity (Wildman–Crippen MR) is 57.6 cm³/mol. The summed E-state index contributed by atoms with van der Waals surface area (Å²) in [5.74, 6) is 1.89. The molecule has 0 amide bonds. The van der Waals surface area contributed by atoms with Crippen molar-refractivity contribution in [3.05, 3.63) is 29.8 Å². The Morgan fingerprint density at radius 1 is 1.40 bits per heavy atom. The van der Waals surface area contributed by atoms with Gasteiger partial charge in [-0.15, -0.1) is 0 Å². The van der Waals surface area contributed by atoms with E-state index < -0.39 is 0 Å². The maximum Gasteiger partial charge on any atom is 0.121 e. The maximum atomic E-state index is 8.71. The van der Waals surface area contributed by atoms with Gasteiger partial charge in [-0.3, -0.25) is 15.7 Å². The summed E-state index contributed by atoms with van der Waals surface area (Å²) in [7, 11) is 1.65. The lowest BCUT2D eigenvalue weighted by atomic mass is 9.97. The molecule has 0 aliphatic carbocycles. The van der Waals surface area contributed by atoms with Crippen LogP contribution in [0.3, 0.4) is 0 Å². The molecule has 2 rings (SSSR count). The summed E-state index contributed by atoms with van der Waals surface area (Å²) in [5.41, 5.74) is 3.34. The minimum absolute atomic E-state index is 0.366. The molecule has 1 aliphatic rings. The predicted octanol–water partition coefficient (Wildman–Crippen LogP) is 1.56. The van der Waals surface area contributed by atoms with Crippen LogP contribution in [0.25, 0.3) is 0 Å². The number of hydroxylamine groups is 1. The Bertz CT molecular complexity index is 359. The van der Waals surface area contributed by atoms with Gasteiger partial charge in [0.25, 0.3) is 0 Å². The van der Waals surface area contributed by atoms with Crippen molar-refractivity contribution in [2.75, 3.05) is 13.7 Å². The normalized spacial score (nSPS) is 19.9. The molecule has 0 fully saturated rings. The number of ether oxygens (including phenoxy) is 1. The van der Waals surface area contributed by atoms with Crippen LogP contribution in [0.4, 0.5) is 0 Å². The lowest BCUT2D eigenvalue weighted by molar-refractivity contribution is 0.232. The smallest absolute Gasteiger partial charge is 0.121 e. The van der Waals surface area contributed by atoms with E-state index in [1.807, 2.05) is 24.3 Å². The molecular weight excluding hydrogens is 192 g/mol. The number of hydrogen-bond donors (Lipinski definition) is 2. The molecule has 0 saturated carbocycles. The number of amidine groups is 1. The van der Waals surface area contributed by atoms with Gasteiger partial charge in [0.2, 0.25) is 0 Å². The Kier molecular flexibility index (Phi) is 2.87. The van der Waals surface area contributed by atoms with E-state index in [1.54, 1.807) is 7.11 Å². The molecule has 0 bridgehead atoms. The van der Waals surface area contributed by atoms with Crippen LogP contribution >= 0.6 is 0 Å². The number of rotatable bonds is 2. The minimum Gasteiger partial charge on any atom is -0.497 e. The average Bonchev–Trinajstić information content (AvgIpc) is 2.78.